The maximum Gasteiger partial charge on any atom is 0.363 e. The van der Waals surface area contributed by atoms with E-state index < -0.39 is 5.97 Å². The van der Waals surface area contributed by atoms with E-state index in [-0.39, 0.29) is 0 Å². The topological polar surface area (TPSA) is 38.7 Å². The summed E-state index contributed by atoms with van der Waals surface area (Å²) >= 11 is 0. The van der Waals surface area contributed by atoms with E-state index in [0.29, 0.717) is 11.6 Å². The van der Waals surface area contributed by atoms with Gasteiger partial charge in [0.1, 0.15) is 0 Å². The summed E-state index contributed by atoms with van der Waals surface area (Å²) in [5.74, 6) is -0.0471. The molecule has 0 fully saturated rings. The van der Waals surface area contributed by atoms with Crippen molar-refractivity contribution in [1.29, 1.82) is 0 Å². The van der Waals surface area contributed by atoms with Gasteiger partial charge in [0.2, 0.25) is 5.90 Å². The molecule has 0 aromatic heterocycles. The predicted octanol–water partition coefficient (Wildman–Crippen LogP) is 3.65. The number of ether oxygens (including phenoxy) is 1. The minimum absolute atomic E-state index is 0.329. The van der Waals surface area contributed by atoms with Crippen molar-refractivity contribution in [3.8, 4) is 0 Å². The number of hydrogen-bond donors (Lipinski definition) is 0. The minimum atomic E-state index is -0.410. The Morgan fingerprint density at radius 1 is 1.00 bits per heavy atom. The molecule has 0 radical (unpaired) electrons. The Bertz CT molecular complexity index is 755. The third-order valence-corrected chi connectivity index (χ3v) is 3.27. The van der Waals surface area contributed by atoms with Gasteiger partial charge in [-0.15, -0.1) is 0 Å². The van der Waals surface area contributed by atoms with Crippen molar-refractivity contribution in [2.75, 3.05) is 0 Å². The van der Waals surface area contributed by atoms with Crippen LogP contribution in [0.3, 0.4) is 0 Å². The summed E-state index contributed by atoms with van der Waals surface area (Å²) in [7, 11) is 0. The molecule has 0 atom stereocenters. The molecule has 2 aromatic rings. The molecule has 21 heavy (non-hydrogen) atoms. The Morgan fingerprint density at radius 2 is 1.76 bits per heavy atom. The molecular weight excluding hydrogens is 262 g/mol. The smallest absolute Gasteiger partial charge is 0.363 e. The molecule has 0 saturated heterocycles. The lowest BCUT2D eigenvalue weighted by molar-refractivity contribution is -0.129. The zero-order chi connectivity index (χ0) is 14.8. The third kappa shape index (κ3) is 2.92. The summed E-state index contributed by atoms with van der Waals surface area (Å²) < 4.78 is 5.25. The molecule has 1 aliphatic rings. The molecule has 104 valence electrons. The number of rotatable bonds is 2. The average Bonchev–Trinajstić information content (AvgIpc) is 2.83. The van der Waals surface area contributed by atoms with Crippen LogP contribution in [0.4, 0.5) is 0 Å². The fourth-order valence-electron chi connectivity index (χ4n) is 2.13. The maximum absolute atomic E-state index is 11.9. The fourth-order valence-corrected chi connectivity index (χ4v) is 2.13. The summed E-state index contributed by atoms with van der Waals surface area (Å²) in [4.78, 5) is 16.2. The van der Waals surface area contributed by atoms with Gasteiger partial charge in [-0.2, -0.15) is 0 Å². The second-order valence-electron chi connectivity index (χ2n) is 5.12. The molecule has 2 aromatic carbocycles. The Kier molecular flexibility index (Phi) is 3.40. The SMILES string of the molecule is Cc1ccc(/C=C2/N=C(c3cccc(C)c3)OC2=O)cc1. The van der Waals surface area contributed by atoms with Crippen LogP contribution in [0.5, 0.6) is 0 Å². The van der Waals surface area contributed by atoms with Crippen molar-refractivity contribution >= 4 is 17.9 Å². The number of nitrogens with zero attached hydrogens (tertiary/aromatic N) is 1. The molecule has 0 N–H and O–H groups in total. The van der Waals surface area contributed by atoms with Crippen molar-refractivity contribution in [2.45, 2.75) is 13.8 Å². The average molecular weight is 277 g/mol. The molecule has 0 saturated carbocycles. The van der Waals surface area contributed by atoms with E-state index in [1.807, 2.05) is 62.4 Å². The number of aliphatic imine (C=N–C) groups is 1. The molecule has 3 nitrogen and oxygen atoms in total. The molecule has 3 heteroatoms. The lowest BCUT2D eigenvalue weighted by Crippen LogP contribution is -2.05. The van der Waals surface area contributed by atoms with E-state index in [1.165, 1.54) is 5.56 Å². The fraction of sp³-hybridized carbons (Fsp3) is 0.111. The van der Waals surface area contributed by atoms with Crippen LogP contribution in [0.25, 0.3) is 6.08 Å². The molecule has 0 amide bonds. The molecule has 3 rings (SSSR count). The normalized spacial score (nSPS) is 16.0. The molecule has 0 unspecified atom stereocenters. The first-order valence-corrected chi connectivity index (χ1v) is 6.78. The second-order valence-corrected chi connectivity index (χ2v) is 5.12. The Hall–Kier alpha value is -2.68. The van der Waals surface area contributed by atoms with E-state index >= 15 is 0 Å². The van der Waals surface area contributed by atoms with Gasteiger partial charge in [0.05, 0.1) is 0 Å². The quantitative estimate of drug-likeness (QED) is 0.621. The summed E-state index contributed by atoms with van der Waals surface area (Å²) in [5.41, 5.74) is 4.35. The maximum atomic E-state index is 11.9. The van der Waals surface area contributed by atoms with E-state index in [1.54, 1.807) is 6.08 Å². The number of benzene rings is 2. The van der Waals surface area contributed by atoms with Crippen LogP contribution in [-0.4, -0.2) is 11.9 Å². The van der Waals surface area contributed by atoms with Crippen molar-refractivity contribution < 1.29 is 9.53 Å². The van der Waals surface area contributed by atoms with Crippen LogP contribution in [0, 0.1) is 13.8 Å². The Morgan fingerprint density at radius 3 is 2.48 bits per heavy atom. The number of esters is 1. The Balaban J connectivity index is 1.93. The molecule has 1 aliphatic heterocycles. The third-order valence-electron chi connectivity index (χ3n) is 3.27. The molecule has 0 bridgehead atoms. The van der Waals surface area contributed by atoms with Gasteiger partial charge < -0.3 is 4.74 Å². The zero-order valence-corrected chi connectivity index (χ0v) is 12.0. The number of aryl methyl sites for hydroxylation is 2. The minimum Gasteiger partial charge on any atom is -0.402 e. The Labute approximate surface area is 123 Å². The van der Waals surface area contributed by atoms with Crippen LogP contribution in [-0.2, 0) is 9.53 Å². The monoisotopic (exact) mass is 277 g/mol. The highest BCUT2D eigenvalue weighted by Gasteiger charge is 2.23. The molecule has 0 aliphatic carbocycles. The van der Waals surface area contributed by atoms with Gasteiger partial charge in [-0.25, -0.2) is 9.79 Å². The highest BCUT2D eigenvalue weighted by Crippen LogP contribution is 2.19. The van der Waals surface area contributed by atoms with Crippen molar-refractivity contribution in [3.63, 3.8) is 0 Å². The van der Waals surface area contributed by atoms with Gasteiger partial charge in [-0.3, -0.25) is 0 Å². The van der Waals surface area contributed by atoms with Crippen LogP contribution >= 0.6 is 0 Å². The van der Waals surface area contributed by atoms with Gasteiger partial charge >= 0.3 is 5.97 Å². The first-order chi connectivity index (χ1) is 10.1. The first-order valence-electron chi connectivity index (χ1n) is 6.78. The van der Waals surface area contributed by atoms with Crippen molar-refractivity contribution in [2.24, 2.45) is 4.99 Å². The highest BCUT2D eigenvalue weighted by molar-refractivity contribution is 6.12. The van der Waals surface area contributed by atoms with E-state index in [0.717, 1.165) is 16.7 Å². The van der Waals surface area contributed by atoms with Gasteiger partial charge in [-0.1, -0.05) is 47.5 Å². The van der Waals surface area contributed by atoms with Crippen LogP contribution < -0.4 is 0 Å². The van der Waals surface area contributed by atoms with Gasteiger partial charge in [-0.05, 0) is 37.6 Å². The van der Waals surface area contributed by atoms with Gasteiger partial charge in [0, 0.05) is 5.56 Å². The number of carbonyl (C=O) groups is 1. The molecule has 0 spiro atoms. The second kappa shape index (κ2) is 5.37. The standard InChI is InChI=1S/C18H15NO2/c1-12-6-8-14(9-7-12)11-16-18(20)21-17(19-16)15-5-3-4-13(2)10-15/h3-11H,1-2H3/b16-11+. The van der Waals surface area contributed by atoms with E-state index in [2.05, 4.69) is 4.99 Å². The molecule has 1 heterocycles. The number of hydrogen-bond acceptors (Lipinski definition) is 3. The molecular formula is C18H15NO2. The lowest BCUT2D eigenvalue weighted by Gasteiger charge is -1.99. The van der Waals surface area contributed by atoms with Crippen LogP contribution in [0.2, 0.25) is 0 Å². The highest BCUT2D eigenvalue weighted by atomic mass is 16.6. The van der Waals surface area contributed by atoms with Crippen LogP contribution in [0.15, 0.2) is 59.2 Å². The summed E-state index contributed by atoms with van der Waals surface area (Å²) in [5, 5.41) is 0. The zero-order valence-electron chi connectivity index (χ0n) is 12.0. The van der Waals surface area contributed by atoms with Gasteiger partial charge in [0.15, 0.2) is 5.70 Å². The first kappa shape index (κ1) is 13.3. The predicted molar refractivity (Wildman–Crippen MR) is 83.0 cm³/mol. The van der Waals surface area contributed by atoms with Crippen molar-refractivity contribution in [1.82, 2.24) is 0 Å². The lowest BCUT2D eigenvalue weighted by atomic mass is 10.1. The van der Waals surface area contributed by atoms with E-state index in [4.69, 9.17) is 4.74 Å². The number of carbonyl (C=O) groups excluding carboxylic acids is 1. The van der Waals surface area contributed by atoms with E-state index in [9.17, 15) is 4.79 Å². The summed E-state index contributed by atoms with van der Waals surface area (Å²) in [6.07, 6.45) is 1.74. The summed E-state index contributed by atoms with van der Waals surface area (Å²) in [6, 6.07) is 15.6. The van der Waals surface area contributed by atoms with Gasteiger partial charge in [0.25, 0.3) is 0 Å². The van der Waals surface area contributed by atoms with Crippen LogP contribution in [0.1, 0.15) is 22.3 Å². The number of cyclic esters (lactones) is 1. The summed E-state index contributed by atoms with van der Waals surface area (Å²) in [6.45, 7) is 4.01. The van der Waals surface area contributed by atoms with Crippen molar-refractivity contribution in [3.05, 3.63) is 76.5 Å². The largest absolute Gasteiger partial charge is 0.402 e.